The number of benzene rings is 1. The van der Waals surface area contributed by atoms with Crippen LogP contribution in [0.1, 0.15) is 5.56 Å². The SMILES string of the molecule is Cn1ccc(-c2cccc(C3=CC(Nc4cc[n+](C)cc4)=NC(N4CCOCC4)N3c3ncco3)c2)n1. The fourth-order valence-electron chi connectivity index (χ4n) is 4.56. The summed E-state index contributed by atoms with van der Waals surface area (Å²) in [5.41, 5.74) is 4.84. The second-order valence-electron chi connectivity index (χ2n) is 9.06. The van der Waals surface area contributed by atoms with Gasteiger partial charge in [-0.05, 0) is 17.7 Å². The molecule has 1 N–H and O–H groups in total. The molecule has 1 saturated heterocycles. The lowest BCUT2D eigenvalue weighted by atomic mass is 10.0. The van der Waals surface area contributed by atoms with Gasteiger partial charge in [0.1, 0.15) is 19.1 Å². The number of hydrogen-bond acceptors (Lipinski definition) is 8. The monoisotopic (exact) mass is 497 g/mol. The highest BCUT2D eigenvalue weighted by Crippen LogP contribution is 2.34. The van der Waals surface area contributed by atoms with E-state index in [2.05, 4.69) is 43.4 Å². The summed E-state index contributed by atoms with van der Waals surface area (Å²) >= 11 is 0. The van der Waals surface area contributed by atoms with Crippen LogP contribution in [0.3, 0.4) is 0 Å². The van der Waals surface area contributed by atoms with E-state index in [1.54, 1.807) is 12.5 Å². The Hall–Kier alpha value is -4.28. The molecule has 4 aromatic rings. The maximum atomic E-state index is 5.84. The number of aromatic nitrogens is 4. The third kappa shape index (κ3) is 4.89. The average Bonchev–Trinajstić information content (AvgIpc) is 3.62. The minimum Gasteiger partial charge on any atom is -0.432 e. The quantitative estimate of drug-likeness (QED) is 0.424. The van der Waals surface area contributed by atoms with Gasteiger partial charge in [0.15, 0.2) is 18.7 Å². The van der Waals surface area contributed by atoms with Crippen molar-refractivity contribution in [2.75, 3.05) is 36.5 Å². The standard InChI is InChI=1S/C27H28N8O2/c1-32-10-6-22(7-11-32)29-25-19-24(21-5-3-4-20(18-21)23-8-12-33(2)31-23)35(27-28-9-15-37-27)26(30-25)34-13-16-36-17-14-34/h3-12,15,18-19,26H,13-14,16-17H2,1-2H3/p+1. The molecule has 10 heteroatoms. The Balaban J connectivity index is 1.45. The van der Waals surface area contributed by atoms with Gasteiger partial charge < -0.3 is 14.5 Å². The zero-order chi connectivity index (χ0) is 25.2. The van der Waals surface area contributed by atoms with Gasteiger partial charge in [0.2, 0.25) is 0 Å². The van der Waals surface area contributed by atoms with Gasteiger partial charge in [0.05, 0.1) is 36.5 Å². The Morgan fingerprint density at radius 1 is 1.05 bits per heavy atom. The van der Waals surface area contributed by atoms with Gasteiger partial charge in [-0.2, -0.15) is 5.10 Å². The summed E-state index contributed by atoms with van der Waals surface area (Å²) in [6, 6.07) is 14.9. The number of aryl methyl sites for hydroxylation is 2. The molecule has 2 aliphatic rings. The number of ether oxygens (including phenoxy) is 1. The summed E-state index contributed by atoms with van der Waals surface area (Å²) in [6.45, 7) is 2.80. The highest BCUT2D eigenvalue weighted by Gasteiger charge is 2.35. The Labute approximate surface area is 215 Å². The van der Waals surface area contributed by atoms with Crippen LogP contribution in [0.25, 0.3) is 17.0 Å². The number of rotatable bonds is 5. The first-order valence-electron chi connectivity index (χ1n) is 12.3. The van der Waals surface area contributed by atoms with Gasteiger partial charge in [0.25, 0.3) is 0 Å². The molecular formula is C27H29N8O2+. The molecule has 5 heterocycles. The van der Waals surface area contributed by atoms with E-state index in [0.717, 1.165) is 47.1 Å². The minimum absolute atomic E-state index is 0.358. The van der Waals surface area contributed by atoms with Crippen LogP contribution in [0, 0.1) is 0 Å². The van der Waals surface area contributed by atoms with Crippen molar-refractivity contribution in [3.05, 3.63) is 85.2 Å². The van der Waals surface area contributed by atoms with E-state index in [-0.39, 0.29) is 6.29 Å². The first-order valence-corrected chi connectivity index (χ1v) is 12.3. The molecule has 0 saturated carbocycles. The molecule has 1 unspecified atom stereocenters. The van der Waals surface area contributed by atoms with E-state index in [0.29, 0.717) is 19.2 Å². The maximum Gasteiger partial charge on any atom is 0.304 e. The molecule has 188 valence electrons. The molecule has 6 rings (SSSR count). The molecule has 0 bridgehead atoms. The molecule has 0 amide bonds. The van der Waals surface area contributed by atoms with Gasteiger partial charge in [0, 0.05) is 50.1 Å². The summed E-state index contributed by atoms with van der Waals surface area (Å²) in [7, 11) is 3.92. The molecule has 1 fully saturated rings. The maximum absolute atomic E-state index is 5.84. The van der Waals surface area contributed by atoms with Gasteiger partial charge in [-0.3, -0.25) is 14.5 Å². The largest absolute Gasteiger partial charge is 0.432 e. The van der Waals surface area contributed by atoms with Crippen molar-refractivity contribution in [1.29, 1.82) is 0 Å². The number of hydrogen-bond donors (Lipinski definition) is 1. The second-order valence-corrected chi connectivity index (χ2v) is 9.06. The van der Waals surface area contributed by atoms with Crippen LogP contribution >= 0.6 is 0 Å². The third-order valence-electron chi connectivity index (χ3n) is 6.43. The van der Waals surface area contributed by atoms with E-state index >= 15 is 0 Å². The van der Waals surface area contributed by atoms with Gasteiger partial charge in [-0.25, -0.2) is 14.5 Å². The van der Waals surface area contributed by atoms with Crippen molar-refractivity contribution >= 4 is 23.2 Å². The second kappa shape index (κ2) is 10.00. The fourth-order valence-corrected chi connectivity index (χ4v) is 4.56. The minimum atomic E-state index is -0.358. The van der Waals surface area contributed by atoms with Crippen LogP contribution < -0.4 is 14.8 Å². The van der Waals surface area contributed by atoms with Crippen LogP contribution in [-0.2, 0) is 18.8 Å². The Kier molecular flexibility index (Phi) is 6.25. The fraction of sp³-hybridized carbons (Fsp3) is 0.259. The van der Waals surface area contributed by atoms with Gasteiger partial charge >= 0.3 is 6.01 Å². The molecule has 37 heavy (non-hydrogen) atoms. The molecule has 0 spiro atoms. The predicted octanol–water partition coefficient (Wildman–Crippen LogP) is 2.89. The summed E-state index contributed by atoms with van der Waals surface area (Å²) in [5.74, 6) is 0.756. The summed E-state index contributed by atoms with van der Waals surface area (Å²) in [5, 5.41) is 8.10. The number of anilines is 2. The van der Waals surface area contributed by atoms with Crippen LogP contribution in [0.15, 0.2) is 89.0 Å². The lowest BCUT2D eigenvalue weighted by Crippen LogP contribution is -2.53. The van der Waals surface area contributed by atoms with E-state index in [4.69, 9.17) is 14.1 Å². The Morgan fingerprint density at radius 3 is 2.59 bits per heavy atom. The summed E-state index contributed by atoms with van der Waals surface area (Å²) in [6.07, 6.45) is 10.9. The topological polar surface area (TPSA) is 87.8 Å². The Bertz CT molecular complexity index is 1420. The summed E-state index contributed by atoms with van der Waals surface area (Å²) in [4.78, 5) is 14.0. The van der Waals surface area contributed by atoms with Crippen LogP contribution in [0.4, 0.5) is 11.7 Å². The zero-order valence-electron chi connectivity index (χ0n) is 20.9. The van der Waals surface area contributed by atoms with Gasteiger partial charge in [-0.1, -0.05) is 18.2 Å². The zero-order valence-corrected chi connectivity index (χ0v) is 20.9. The molecule has 0 aliphatic carbocycles. The number of nitrogens with one attached hydrogen (secondary N) is 1. The lowest BCUT2D eigenvalue weighted by Gasteiger charge is -2.41. The third-order valence-corrected chi connectivity index (χ3v) is 6.43. The van der Waals surface area contributed by atoms with Crippen molar-refractivity contribution in [2.24, 2.45) is 19.1 Å². The molecule has 1 atom stereocenters. The van der Waals surface area contributed by atoms with E-state index in [1.165, 1.54) is 0 Å². The van der Waals surface area contributed by atoms with Crippen molar-refractivity contribution in [3.63, 3.8) is 0 Å². The van der Waals surface area contributed by atoms with Crippen LogP contribution in [0.5, 0.6) is 0 Å². The Morgan fingerprint density at radius 2 is 1.86 bits per heavy atom. The molecule has 2 aliphatic heterocycles. The van der Waals surface area contributed by atoms with Crippen molar-refractivity contribution in [1.82, 2.24) is 19.7 Å². The number of amidine groups is 1. The smallest absolute Gasteiger partial charge is 0.304 e. The number of aliphatic imine (C=N–C) groups is 1. The molecule has 10 nitrogen and oxygen atoms in total. The molecule has 0 radical (unpaired) electrons. The predicted molar refractivity (Wildman–Crippen MR) is 140 cm³/mol. The number of morpholine rings is 1. The van der Waals surface area contributed by atoms with Crippen molar-refractivity contribution in [2.45, 2.75) is 6.29 Å². The molecule has 3 aromatic heterocycles. The van der Waals surface area contributed by atoms with E-state index in [1.807, 2.05) is 72.3 Å². The molecule has 1 aromatic carbocycles. The first kappa shape index (κ1) is 23.1. The van der Waals surface area contributed by atoms with E-state index in [9.17, 15) is 0 Å². The van der Waals surface area contributed by atoms with Gasteiger partial charge in [-0.15, -0.1) is 0 Å². The van der Waals surface area contributed by atoms with Crippen LogP contribution in [0.2, 0.25) is 0 Å². The number of nitrogens with zero attached hydrogens (tertiary/aromatic N) is 7. The summed E-state index contributed by atoms with van der Waals surface area (Å²) < 4.78 is 15.3. The highest BCUT2D eigenvalue weighted by atomic mass is 16.5. The van der Waals surface area contributed by atoms with Crippen molar-refractivity contribution < 1.29 is 13.7 Å². The average molecular weight is 498 g/mol. The number of oxazole rings is 1. The highest BCUT2D eigenvalue weighted by molar-refractivity contribution is 6.10. The van der Waals surface area contributed by atoms with Crippen LogP contribution in [-0.4, -0.2) is 58.1 Å². The lowest BCUT2D eigenvalue weighted by molar-refractivity contribution is -0.671. The van der Waals surface area contributed by atoms with Crippen molar-refractivity contribution in [3.8, 4) is 11.3 Å². The number of pyridine rings is 1. The first-order chi connectivity index (χ1) is 18.1. The normalized spacial score (nSPS) is 18.4. The van der Waals surface area contributed by atoms with E-state index < -0.39 is 0 Å². The molecular weight excluding hydrogens is 468 g/mol.